The van der Waals surface area contributed by atoms with Crippen LogP contribution in [0.5, 0.6) is 17.2 Å². The quantitative estimate of drug-likeness (QED) is 0.534. The first-order valence-corrected chi connectivity index (χ1v) is 9.23. The van der Waals surface area contributed by atoms with Crippen LogP contribution in [-0.4, -0.2) is 50.3 Å². The van der Waals surface area contributed by atoms with Crippen molar-refractivity contribution < 1.29 is 28.8 Å². The molecule has 0 radical (unpaired) electrons. The number of rotatable bonds is 7. The minimum Gasteiger partial charge on any atom is -0.495 e. The zero-order valence-corrected chi connectivity index (χ0v) is 16.5. The smallest absolute Gasteiger partial charge is 0.282 e. The Balaban J connectivity index is 1.63. The van der Waals surface area contributed by atoms with Gasteiger partial charge >= 0.3 is 0 Å². The Morgan fingerprint density at radius 3 is 2.76 bits per heavy atom. The van der Waals surface area contributed by atoms with E-state index in [1.54, 1.807) is 6.92 Å². The number of nitrogens with zero attached hydrogens (tertiary/aromatic N) is 1. The number of nitro benzene ring substituents is 1. The summed E-state index contributed by atoms with van der Waals surface area (Å²) in [6, 6.07) is 11.1. The summed E-state index contributed by atoms with van der Waals surface area (Å²) in [6.07, 6.45) is -0.188. The zero-order chi connectivity index (χ0) is 21.0. The normalized spacial score (nSPS) is 17.1. The highest BCUT2D eigenvalue weighted by molar-refractivity contribution is 5.95. The van der Waals surface area contributed by atoms with Crippen LogP contribution in [0.25, 0.3) is 0 Å². The Kier molecular flexibility index (Phi) is 6.18. The Hall–Kier alpha value is -3.33. The highest BCUT2D eigenvalue weighted by Gasteiger charge is 2.29. The van der Waals surface area contributed by atoms with Crippen molar-refractivity contribution in [3.63, 3.8) is 0 Å². The molecule has 1 aliphatic heterocycles. The van der Waals surface area contributed by atoms with Crippen molar-refractivity contribution in [2.24, 2.45) is 0 Å². The molecule has 0 bridgehead atoms. The molecule has 0 saturated heterocycles. The Bertz CT molecular complexity index is 904. The first-order valence-electron chi connectivity index (χ1n) is 9.23. The highest BCUT2D eigenvalue weighted by atomic mass is 16.6. The van der Waals surface area contributed by atoms with Crippen LogP contribution in [0.4, 0.5) is 11.4 Å². The maximum absolute atomic E-state index is 12.7. The van der Waals surface area contributed by atoms with E-state index < -0.39 is 11.0 Å². The number of non-ortho nitro benzene ring substituents is 1. The van der Waals surface area contributed by atoms with E-state index in [4.69, 9.17) is 14.2 Å². The van der Waals surface area contributed by atoms with Gasteiger partial charge in [0.1, 0.15) is 18.9 Å². The number of carbonyl (C=O) groups is 1. The number of carbonyl (C=O) groups excluding carboxylic acids is 1. The number of likely N-dealkylation sites (N-methyl/N-ethyl adjacent to an activating group) is 1. The Morgan fingerprint density at radius 2 is 2.07 bits per heavy atom. The van der Waals surface area contributed by atoms with Gasteiger partial charge in [0.2, 0.25) is 0 Å². The van der Waals surface area contributed by atoms with Crippen molar-refractivity contribution in [2.45, 2.75) is 19.1 Å². The van der Waals surface area contributed by atoms with E-state index in [0.29, 0.717) is 30.4 Å². The molecule has 1 unspecified atom stereocenters. The number of benzene rings is 2. The number of amides is 1. The lowest BCUT2D eigenvalue weighted by Gasteiger charge is -2.29. The summed E-state index contributed by atoms with van der Waals surface area (Å²) in [7, 11) is 3.33. The van der Waals surface area contributed by atoms with Crippen LogP contribution in [0.3, 0.4) is 0 Å². The molecule has 1 heterocycles. The van der Waals surface area contributed by atoms with Gasteiger partial charge in [-0.05, 0) is 25.1 Å². The molecule has 1 amide bonds. The van der Waals surface area contributed by atoms with E-state index in [-0.39, 0.29) is 23.4 Å². The van der Waals surface area contributed by atoms with Crippen molar-refractivity contribution in [1.29, 1.82) is 0 Å². The van der Waals surface area contributed by atoms with Crippen LogP contribution in [0.15, 0.2) is 42.5 Å². The van der Waals surface area contributed by atoms with E-state index in [1.165, 1.54) is 25.3 Å². The number of fused-ring (bicyclic) bond motifs is 1. The second kappa shape index (κ2) is 8.78. The van der Waals surface area contributed by atoms with E-state index in [2.05, 4.69) is 5.32 Å². The third-order valence-corrected chi connectivity index (χ3v) is 4.90. The number of methoxy groups -OCH3 is 1. The van der Waals surface area contributed by atoms with Crippen molar-refractivity contribution in [3.05, 3.63) is 52.6 Å². The van der Waals surface area contributed by atoms with E-state index >= 15 is 0 Å². The fourth-order valence-electron chi connectivity index (χ4n) is 3.07. The summed E-state index contributed by atoms with van der Waals surface area (Å²) in [4.78, 5) is 24.1. The van der Waals surface area contributed by atoms with Crippen LogP contribution in [0.2, 0.25) is 0 Å². The van der Waals surface area contributed by atoms with Gasteiger partial charge in [-0.15, -0.1) is 0 Å². The molecule has 9 nitrogen and oxygen atoms in total. The number of ether oxygens (including phenoxy) is 3. The van der Waals surface area contributed by atoms with Crippen molar-refractivity contribution in [3.8, 4) is 17.2 Å². The molecule has 0 saturated carbocycles. The molecule has 154 valence electrons. The number of para-hydroxylation sites is 2. The van der Waals surface area contributed by atoms with Gasteiger partial charge in [-0.1, -0.05) is 12.1 Å². The molecule has 29 heavy (non-hydrogen) atoms. The van der Waals surface area contributed by atoms with Crippen LogP contribution < -0.4 is 24.4 Å². The largest absolute Gasteiger partial charge is 0.495 e. The number of hydrogen-bond donors (Lipinski definition) is 2. The molecule has 2 aromatic rings. The minimum absolute atomic E-state index is 0.124. The van der Waals surface area contributed by atoms with E-state index in [9.17, 15) is 14.9 Å². The fourth-order valence-corrected chi connectivity index (χ4v) is 3.07. The second-order valence-corrected chi connectivity index (χ2v) is 6.90. The molecule has 2 aromatic carbocycles. The van der Waals surface area contributed by atoms with Gasteiger partial charge < -0.3 is 24.4 Å². The first-order chi connectivity index (χ1) is 13.9. The molecule has 0 fully saturated rings. The topological polar surface area (TPSA) is 104 Å². The lowest BCUT2D eigenvalue weighted by Crippen LogP contribution is -3.15. The summed E-state index contributed by atoms with van der Waals surface area (Å²) < 4.78 is 16.9. The number of anilines is 1. The molecule has 3 rings (SSSR count). The highest BCUT2D eigenvalue weighted by Crippen LogP contribution is 2.31. The lowest BCUT2D eigenvalue weighted by atomic mass is 10.2. The van der Waals surface area contributed by atoms with Gasteiger partial charge in [-0.2, -0.15) is 0 Å². The Labute approximate surface area is 168 Å². The lowest BCUT2D eigenvalue weighted by molar-refractivity contribution is -0.896. The average molecular weight is 402 g/mol. The molecule has 9 heteroatoms. The molecule has 0 aromatic heterocycles. The summed E-state index contributed by atoms with van der Waals surface area (Å²) >= 11 is 0. The summed E-state index contributed by atoms with van der Waals surface area (Å²) in [5.74, 6) is 1.48. The third kappa shape index (κ3) is 4.75. The van der Waals surface area contributed by atoms with Crippen molar-refractivity contribution in [1.82, 2.24) is 0 Å². The number of quaternary nitrogens is 1. The predicted molar refractivity (Wildman–Crippen MR) is 106 cm³/mol. The third-order valence-electron chi connectivity index (χ3n) is 4.90. The van der Waals surface area contributed by atoms with Gasteiger partial charge in [0.25, 0.3) is 11.6 Å². The number of nitrogens with one attached hydrogen (secondary N) is 2. The van der Waals surface area contributed by atoms with E-state index in [0.717, 1.165) is 4.90 Å². The molecular formula is C20H24N3O6+. The maximum atomic E-state index is 12.7. The van der Waals surface area contributed by atoms with Gasteiger partial charge in [0, 0.05) is 12.1 Å². The monoisotopic (exact) mass is 402 g/mol. The number of hydrogen-bond acceptors (Lipinski definition) is 6. The van der Waals surface area contributed by atoms with Gasteiger partial charge in [0.05, 0.1) is 24.8 Å². The van der Waals surface area contributed by atoms with Crippen LogP contribution in [0.1, 0.15) is 6.92 Å². The fraction of sp³-hybridized carbons (Fsp3) is 0.350. The van der Waals surface area contributed by atoms with Crippen LogP contribution in [-0.2, 0) is 4.79 Å². The summed E-state index contributed by atoms with van der Waals surface area (Å²) in [5, 5.41) is 13.7. The number of nitro groups is 1. The molecule has 0 spiro atoms. The van der Waals surface area contributed by atoms with Crippen molar-refractivity contribution >= 4 is 17.3 Å². The predicted octanol–water partition coefficient (Wildman–Crippen LogP) is 1.29. The Morgan fingerprint density at radius 1 is 1.34 bits per heavy atom. The second-order valence-electron chi connectivity index (χ2n) is 6.90. The van der Waals surface area contributed by atoms with Crippen LogP contribution >= 0.6 is 0 Å². The molecule has 0 aliphatic carbocycles. The van der Waals surface area contributed by atoms with Gasteiger partial charge in [0.15, 0.2) is 23.6 Å². The van der Waals surface area contributed by atoms with Gasteiger partial charge in [-0.3, -0.25) is 14.9 Å². The standard InChI is InChI=1S/C20H23N3O6/c1-13(20(24)21-16-10-14(23(25)26)8-9-17(16)27-3)22(2)11-15-12-28-18-6-4-5-7-19(18)29-15/h4-10,13,15H,11-12H2,1-3H3,(H,21,24)/p+1/t13-,15-/m1/s1. The average Bonchev–Trinajstić information content (AvgIpc) is 2.72. The summed E-state index contributed by atoms with van der Waals surface area (Å²) in [5.41, 5.74) is 0.137. The van der Waals surface area contributed by atoms with Crippen molar-refractivity contribution in [2.75, 3.05) is 32.6 Å². The zero-order valence-electron chi connectivity index (χ0n) is 16.5. The maximum Gasteiger partial charge on any atom is 0.282 e. The van der Waals surface area contributed by atoms with E-state index in [1.807, 2.05) is 31.3 Å². The molecule has 3 atom stereocenters. The molecular weight excluding hydrogens is 378 g/mol. The minimum atomic E-state index is -0.520. The van der Waals surface area contributed by atoms with Gasteiger partial charge in [-0.25, -0.2) is 0 Å². The molecule has 2 N–H and O–H groups in total. The SMILES string of the molecule is COc1ccc([N+](=O)[O-])cc1NC(=O)[C@@H](C)[NH+](C)C[C@@H]1COc2ccccc2O1. The first kappa shape index (κ1) is 20.4. The molecule has 1 aliphatic rings. The summed E-state index contributed by atoms with van der Waals surface area (Å²) in [6.45, 7) is 2.74. The van der Waals surface area contributed by atoms with Crippen LogP contribution in [0, 0.1) is 10.1 Å².